The highest BCUT2D eigenvalue weighted by Gasteiger charge is 2.23. The molecule has 1 aromatic carbocycles. The van der Waals surface area contributed by atoms with E-state index in [1.807, 2.05) is 30.3 Å². The summed E-state index contributed by atoms with van der Waals surface area (Å²) < 4.78 is 0. The van der Waals surface area contributed by atoms with Gasteiger partial charge in [-0.15, -0.1) is 12.4 Å². The predicted molar refractivity (Wildman–Crippen MR) is 84.8 cm³/mol. The number of carbonyl (C=O) groups excluding carboxylic acids is 1. The number of hydrogen-bond donors (Lipinski definition) is 2. The fraction of sp³-hybridized carbons (Fsp3) is 0.562. The molecule has 3 N–H and O–H groups in total. The molecule has 20 heavy (non-hydrogen) atoms. The van der Waals surface area contributed by atoms with Crippen molar-refractivity contribution in [3.8, 4) is 0 Å². The van der Waals surface area contributed by atoms with Gasteiger partial charge in [-0.3, -0.25) is 4.79 Å². The molecule has 1 saturated carbocycles. The number of carbonyl (C=O) groups is 1. The fourth-order valence-corrected chi connectivity index (χ4v) is 2.85. The molecule has 0 saturated heterocycles. The minimum absolute atomic E-state index is 0. The molecule has 2 rings (SSSR count). The lowest BCUT2D eigenvalue weighted by Crippen LogP contribution is -2.38. The molecule has 3 nitrogen and oxygen atoms in total. The Hall–Kier alpha value is -1.06. The normalized spacial score (nSPS) is 23.5. The molecular weight excluding hydrogens is 272 g/mol. The highest BCUT2D eigenvalue weighted by atomic mass is 35.5. The summed E-state index contributed by atoms with van der Waals surface area (Å²) in [6, 6.07) is 8.98. The molecule has 4 heteroatoms. The van der Waals surface area contributed by atoms with Crippen LogP contribution in [-0.4, -0.2) is 12.5 Å². The van der Waals surface area contributed by atoms with Gasteiger partial charge in [-0.1, -0.05) is 56.5 Å². The maximum atomic E-state index is 12.1. The van der Waals surface area contributed by atoms with Gasteiger partial charge in [0.25, 0.3) is 0 Å². The third-order valence-corrected chi connectivity index (χ3v) is 4.27. The van der Waals surface area contributed by atoms with Gasteiger partial charge in [0.2, 0.25) is 5.91 Å². The van der Waals surface area contributed by atoms with Gasteiger partial charge in [0.15, 0.2) is 0 Å². The molecular formula is C16H25ClN2O. The predicted octanol–water partition coefficient (Wildman–Crippen LogP) is 3.05. The van der Waals surface area contributed by atoms with Crippen LogP contribution in [0.5, 0.6) is 0 Å². The van der Waals surface area contributed by atoms with Crippen molar-refractivity contribution < 1.29 is 4.79 Å². The first-order valence-electron chi connectivity index (χ1n) is 7.26. The SMILES string of the molecule is CC1CCCCC1CNC(=O)C(N)c1ccccc1.Cl. The van der Waals surface area contributed by atoms with Crippen LogP contribution in [-0.2, 0) is 4.79 Å². The molecule has 1 aliphatic carbocycles. The first-order valence-corrected chi connectivity index (χ1v) is 7.26. The monoisotopic (exact) mass is 296 g/mol. The van der Waals surface area contributed by atoms with E-state index < -0.39 is 6.04 Å². The topological polar surface area (TPSA) is 55.1 Å². The van der Waals surface area contributed by atoms with Crippen LogP contribution in [0.4, 0.5) is 0 Å². The Morgan fingerprint density at radius 1 is 1.30 bits per heavy atom. The lowest BCUT2D eigenvalue weighted by Gasteiger charge is -2.29. The molecule has 1 amide bonds. The van der Waals surface area contributed by atoms with Crippen LogP contribution in [0.25, 0.3) is 0 Å². The van der Waals surface area contributed by atoms with E-state index in [9.17, 15) is 4.79 Å². The van der Waals surface area contributed by atoms with E-state index >= 15 is 0 Å². The largest absolute Gasteiger partial charge is 0.354 e. The van der Waals surface area contributed by atoms with E-state index in [0.29, 0.717) is 11.8 Å². The quantitative estimate of drug-likeness (QED) is 0.897. The Kier molecular flexibility index (Phi) is 7.03. The highest BCUT2D eigenvalue weighted by molar-refractivity contribution is 5.85. The van der Waals surface area contributed by atoms with Gasteiger partial charge in [-0.2, -0.15) is 0 Å². The van der Waals surface area contributed by atoms with E-state index in [2.05, 4.69) is 12.2 Å². The van der Waals surface area contributed by atoms with Crippen LogP contribution in [0, 0.1) is 11.8 Å². The summed E-state index contributed by atoms with van der Waals surface area (Å²) in [5.74, 6) is 1.26. The Balaban J connectivity index is 0.00000200. The van der Waals surface area contributed by atoms with Gasteiger partial charge in [-0.25, -0.2) is 0 Å². The Morgan fingerprint density at radius 3 is 2.60 bits per heavy atom. The van der Waals surface area contributed by atoms with E-state index in [-0.39, 0.29) is 18.3 Å². The third-order valence-electron chi connectivity index (χ3n) is 4.27. The highest BCUT2D eigenvalue weighted by Crippen LogP contribution is 2.28. The van der Waals surface area contributed by atoms with Crippen LogP contribution >= 0.6 is 12.4 Å². The van der Waals surface area contributed by atoms with Gasteiger partial charge >= 0.3 is 0 Å². The zero-order chi connectivity index (χ0) is 13.7. The lowest BCUT2D eigenvalue weighted by atomic mass is 9.80. The summed E-state index contributed by atoms with van der Waals surface area (Å²) in [6.07, 6.45) is 5.12. The third kappa shape index (κ3) is 4.50. The van der Waals surface area contributed by atoms with E-state index in [1.54, 1.807) is 0 Å². The van der Waals surface area contributed by atoms with Crippen molar-refractivity contribution in [3.05, 3.63) is 35.9 Å². The maximum Gasteiger partial charge on any atom is 0.241 e. The average molecular weight is 297 g/mol. The minimum atomic E-state index is -0.555. The van der Waals surface area contributed by atoms with E-state index in [0.717, 1.165) is 12.1 Å². The van der Waals surface area contributed by atoms with Crippen LogP contribution in [0.1, 0.15) is 44.2 Å². The summed E-state index contributed by atoms with van der Waals surface area (Å²) in [6.45, 7) is 3.05. The minimum Gasteiger partial charge on any atom is -0.354 e. The molecule has 1 aromatic rings. The Bertz CT molecular complexity index is 410. The van der Waals surface area contributed by atoms with Crippen LogP contribution in [0.2, 0.25) is 0 Å². The molecule has 3 unspecified atom stereocenters. The summed E-state index contributed by atoms with van der Waals surface area (Å²) in [5.41, 5.74) is 6.85. The average Bonchev–Trinajstić information content (AvgIpc) is 2.46. The number of nitrogens with two attached hydrogens (primary N) is 1. The number of rotatable bonds is 4. The van der Waals surface area contributed by atoms with Crippen LogP contribution in [0.3, 0.4) is 0 Å². The van der Waals surface area contributed by atoms with Crippen molar-refractivity contribution in [2.24, 2.45) is 17.6 Å². The molecule has 112 valence electrons. The number of nitrogens with one attached hydrogen (secondary N) is 1. The van der Waals surface area contributed by atoms with Crippen molar-refractivity contribution in [2.45, 2.75) is 38.6 Å². The Labute approximate surface area is 127 Å². The molecule has 3 atom stereocenters. The second-order valence-electron chi connectivity index (χ2n) is 5.66. The molecule has 1 fully saturated rings. The van der Waals surface area contributed by atoms with Crippen molar-refractivity contribution in [3.63, 3.8) is 0 Å². The molecule has 0 radical (unpaired) electrons. The maximum absolute atomic E-state index is 12.1. The summed E-state index contributed by atoms with van der Waals surface area (Å²) >= 11 is 0. The fourth-order valence-electron chi connectivity index (χ4n) is 2.85. The first kappa shape index (κ1) is 17.0. The summed E-state index contributed by atoms with van der Waals surface area (Å²) in [4.78, 5) is 12.1. The Morgan fingerprint density at radius 2 is 1.95 bits per heavy atom. The number of halogens is 1. The van der Waals surface area contributed by atoms with Crippen LogP contribution < -0.4 is 11.1 Å². The van der Waals surface area contributed by atoms with E-state index in [1.165, 1.54) is 25.7 Å². The molecule has 0 spiro atoms. The van der Waals surface area contributed by atoms with Gasteiger partial charge in [0, 0.05) is 6.54 Å². The second-order valence-corrected chi connectivity index (χ2v) is 5.66. The van der Waals surface area contributed by atoms with Gasteiger partial charge in [0.1, 0.15) is 6.04 Å². The number of hydrogen-bond acceptors (Lipinski definition) is 2. The van der Waals surface area contributed by atoms with Crippen molar-refractivity contribution in [1.29, 1.82) is 0 Å². The molecule has 0 heterocycles. The lowest BCUT2D eigenvalue weighted by molar-refractivity contribution is -0.122. The molecule has 0 bridgehead atoms. The van der Waals surface area contributed by atoms with Gasteiger partial charge in [-0.05, 0) is 23.8 Å². The van der Waals surface area contributed by atoms with Crippen molar-refractivity contribution >= 4 is 18.3 Å². The first-order chi connectivity index (χ1) is 9.18. The molecule has 0 aliphatic heterocycles. The zero-order valence-corrected chi connectivity index (χ0v) is 12.9. The second kappa shape index (κ2) is 8.28. The molecule has 0 aromatic heterocycles. The van der Waals surface area contributed by atoms with Gasteiger partial charge in [0.05, 0.1) is 0 Å². The number of benzene rings is 1. The smallest absolute Gasteiger partial charge is 0.241 e. The van der Waals surface area contributed by atoms with E-state index in [4.69, 9.17) is 5.73 Å². The summed E-state index contributed by atoms with van der Waals surface area (Å²) in [7, 11) is 0. The van der Waals surface area contributed by atoms with Crippen molar-refractivity contribution in [1.82, 2.24) is 5.32 Å². The number of amides is 1. The summed E-state index contributed by atoms with van der Waals surface area (Å²) in [5, 5.41) is 3.02. The van der Waals surface area contributed by atoms with Crippen LogP contribution in [0.15, 0.2) is 30.3 Å². The standard InChI is InChI=1S/C16H24N2O.ClH/c1-12-7-5-6-10-14(12)11-18-16(19)15(17)13-8-3-2-4-9-13;/h2-4,8-9,12,14-15H,5-7,10-11,17H2,1H3,(H,18,19);1H. The molecule has 1 aliphatic rings. The van der Waals surface area contributed by atoms with Crippen molar-refractivity contribution in [2.75, 3.05) is 6.54 Å². The van der Waals surface area contributed by atoms with Gasteiger partial charge < -0.3 is 11.1 Å². The zero-order valence-electron chi connectivity index (χ0n) is 12.0.